The highest BCUT2D eigenvalue weighted by molar-refractivity contribution is 5.77. The molecule has 3 N–H and O–H groups in total. The summed E-state index contributed by atoms with van der Waals surface area (Å²) in [6.45, 7) is 13.3. The molecule has 58 heavy (non-hydrogen) atoms. The number of amides is 2. The second kappa shape index (κ2) is 22.2. The Hall–Kier alpha value is -2.70. The molecule has 0 aromatic carbocycles. The molecule has 4 saturated carbocycles. The maximum absolute atomic E-state index is 13.2. The summed E-state index contributed by atoms with van der Waals surface area (Å²) in [7, 11) is 0. The number of allylic oxidation sites excluding steroid dienone is 12. The fourth-order valence-electron chi connectivity index (χ4n) is 12.8. The van der Waals surface area contributed by atoms with Gasteiger partial charge >= 0.3 is 0 Å². The number of rotatable bonds is 19. The summed E-state index contributed by atoms with van der Waals surface area (Å²) in [6.07, 6.45) is 44.7. The normalized spacial score (nSPS) is 35.1. The molecule has 4 aliphatic carbocycles. The third-order valence-corrected chi connectivity index (χ3v) is 16.2. The van der Waals surface area contributed by atoms with E-state index in [-0.39, 0.29) is 46.3 Å². The number of nitrogens with one attached hydrogen (secondary N) is 1. The number of aliphatic hydroxyl groups excluding tert-OH is 2. The van der Waals surface area contributed by atoms with Crippen LogP contribution in [0.5, 0.6) is 0 Å². The van der Waals surface area contributed by atoms with Crippen molar-refractivity contribution >= 4 is 11.8 Å². The van der Waals surface area contributed by atoms with Crippen LogP contribution in [-0.2, 0) is 9.59 Å². The number of aliphatic hydroxyl groups is 2. The Morgan fingerprint density at radius 2 is 1.29 bits per heavy atom. The van der Waals surface area contributed by atoms with Crippen LogP contribution in [0.2, 0.25) is 0 Å². The quantitative estimate of drug-likeness (QED) is 0.114. The van der Waals surface area contributed by atoms with Crippen LogP contribution >= 0.6 is 0 Å². The summed E-state index contributed by atoms with van der Waals surface area (Å²) in [5.41, 5.74) is 0.430. The number of fused-ring (bicyclic) bond motifs is 5. The number of likely N-dealkylation sites (tertiary alicyclic amines) is 1. The largest absolute Gasteiger partial charge is 0.393 e. The van der Waals surface area contributed by atoms with Gasteiger partial charge in [0.15, 0.2) is 0 Å². The average Bonchev–Trinajstić information content (AvgIpc) is 3.55. The van der Waals surface area contributed by atoms with Crippen LogP contribution in [0.4, 0.5) is 0 Å². The molecule has 0 bridgehead atoms. The van der Waals surface area contributed by atoms with Gasteiger partial charge in [0.2, 0.25) is 11.8 Å². The third kappa shape index (κ3) is 11.8. The van der Waals surface area contributed by atoms with Gasteiger partial charge in [-0.15, -0.1) is 0 Å². The van der Waals surface area contributed by atoms with Crippen molar-refractivity contribution in [3.63, 3.8) is 0 Å². The van der Waals surface area contributed by atoms with Crippen LogP contribution in [0.25, 0.3) is 0 Å². The predicted molar refractivity (Wildman–Crippen MR) is 241 cm³/mol. The number of nitrogens with zero attached hydrogens (tertiary/aromatic N) is 1. The summed E-state index contributed by atoms with van der Waals surface area (Å²) in [5.74, 6) is 2.90. The number of piperidine rings is 1. The molecule has 5 fully saturated rings. The Labute approximate surface area is 353 Å². The second-order valence-electron chi connectivity index (χ2n) is 19.9. The number of hydrogen-bond acceptors (Lipinski definition) is 4. The van der Waals surface area contributed by atoms with E-state index in [1.165, 1.54) is 25.7 Å². The van der Waals surface area contributed by atoms with E-state index in [0.717, 1.165) is 103 Å². The first-order valence-electron chi connectivity index (χ1n) is 23.7. The van der Waals surface area contributed by atoms with Crippen molar-refractivity contribution in [3.8, 4) is 0 Å². The Morgan fingerprint density at radius 1 is 0.707 bits per heavy atom. The van der Waals surface area contributed by atoms with Gasteiger partial charge in [0.25, 0.3) is 0 Å². The molecule has 2 amide bonds. The molecule has 10 atom stereocenters. The van der Waals surface area contributed by atoms with E-state index >= 15 is 0 Å². The van der Waals surface area contributed by atoms with E-state index in [0.29, 0.717) is 42.4 Å². The van der Waals surface area contributed by atoms with Gasteiger partial charge in [0, 0.05) is 32.0 Å². The lowest BCUT2D eigenvalue weighted by Crippen LogP contribution is -2.62. The van der Waals surface area contributed by atoms with Crippen molar-refractivity contribution in [3.05, 3.63) is 72.9 Å². The topological polar surface area (TPSA) is 89.9 Å². The van der Waals surface area contributed by atoms with E-state index in [1.54, 1.807) is 0 Å². The highest BCUT2D eigenvalue weighted by Crippen LogP contribution is 2.71. The maximum Gasteiger partial charge on any atom is 0.222 e. The van der Waals surface area contributed by atoms with E-state index in [2.05, 4.69) is 113 Å². The molecule has 0 spiro atoms. The standard InChI is InChI=1S/C52H82N2O4/c1-6-7-8-9-10-11-12-13-14-15-16-17-18-19-20-21-22-23-24-25-48(58)54-36-32-41(33-37-54)53-47(57)29-26-40(2)43-27-28-44-49-45(31-34-51(43,44)4)52(5)35-30-42(55)38-50(52,3)39-46(49)56/h7-8,10-11,13-14,16-17,19-20,22-23,40-46,49,55-56H,6,9,12,15,18,21,24-39H2,1-5H3,(H,53,57). The van der Waals surface area contributed by atoms with Gasteiger partial charge in [-0.2, -0.15) is 0 Å². The monoisotopic (exact) mass is 799 g/mol. The molecule has 0 radical (unpaired) electrons. The Balaban J connectivity index is 0.926. The van der Waals surface area contributed by atoms with Gasteiger partial charge in [0.05, 0.1) is 12.2 Å². The zero-order valence-electron chi connectivity index (χ0n) is 37.3. The molecule has 10 unspecified atom stereocenters. The van der Waals surface area contributed by atoms with Gasteiger partial charge < -0.3 is 20.4 Å². The van der Waals surface area contributed by atoms with Gasteiger partial charge in [-0.1, -0.05) is 108 Å². The molecular formula is C52H82N2O4. The first-order valence-corrected chi connectivity index (χ1v) is 23.7. The second-order valence-corrected chi connectivity index (χ2v) is 19.9. The predicted octanol–water partition coefficient (Wildman–Crippen LogP) is 11.4. The van der Waals surface area contributed by atoms with Crippen LogP contribution in [0.15, 0.2) is 72.9 Å². The molecule has 0 aromatic heterocycles. The van der Waals surface area contributed by atoms with E-state index in [9.17, 15) is 19.8 Å². The third-order valence-electron chi connectivity index (χ3n) is 16.2. The maximum atomic E-state index is 13.2. The average molecular weight is 799 g/mol. The highest BCUT2D eigenvalue weighted by Gasteiger charge is 2.65. The summed E-state index contributed by atoms with van der Waals surface area (Å²) in [4.78, 5) is 28.1. The van der Waals surface area contributed by atoms with Crippen molar-refractivity contribution in [2.45, 2.75) is 181 Å². The minimum Gasteiger partial charge on any atom is -0.393 e. The SMILES string of the molecule is CCC=CCC=CCC=CCC=CCC=CCC=CCCC(=O)N1CCC(NC(=O)CCC(C)C2CCC3C4C(O)CC5(C)CC(O)CCC5(C)C4CCC23C)CC1. The van der Waals surface area contributed by atoms with E-state index < -0.39 is 0 Å². The van der Waals surface area contributed by atoms with Crippen molar-refractivity contribution in [1.82, 2.24) is 10.2 Å². The lowest BCUT2D eigenvalue weighted by molar-refractivity contribution is -0.210. The lowest BCUT2D eigenvalue weighted by Gasteiger charge is -2.66. The van der Waals surface area contributed by atoms with E-state index in [1.807, 2.05) is 4.90 Å². The zero-order chi connectivity index (χ0) is 41.6. The summed E-state index contributed by atoms with van der Waals surface area (Å²) in [5, 5.41) is 25.6. The highest BCUT2D eigenvalue weighted by atomic mass is 16.3. The molecular weight excluding hydrogens is 717 g/mol. The Morgan fingerprint density at radius 3 is 1.90 bits per heavy atom. The van der Waals surface area contributed by atoms with Crippen molar-refractivity contribution in [2.24, 2.45) is 45.8 Å². The molecule has 6 heteroatoms. The fourth-order valence-corrected chi connectivity index (χ4v) is 12.8. The van der Waals surface area contributed by atoms with Crippen LogP contribution < -0.4 is 5.32 Å². The minimum atomic E-state index is -0.276. The number of carbonyl (C=O) groups excluding carboxylic acids is 2. The van der Waals surface area contributed by atoms with Crippen LogP contribution in [0.1, 0.15) is 163 Å². The summed E-state index contributed by atoms with van der Waals surface area (Å²) >= 11 is 0. The zero-order valence-corrected chi connectivity index (χ0v) is 37.3. The first-order chi connectivity index (χ1) is 27.9. The molecule has 5 rings (SSSR count). The minimum absolute atomic E-state index is 0.0138. The van der Waals surface area contributed by atoms with Gasteiger partial charge in [-0.25, -0.2) is 0 Å². The molecule has 0 aromatic rings. The van der Waals surface area contributed by atoms with Gasteiger partial charge in [-0.3, -0.25) is 9.59 Å². The van der Waals surface area contributed by atoms with Crippen LogP contribution in [-0.4, -0.2) is 58.3 Å². The van der Waals surface area contributed by atoms with Crippen LogP contribution in [0, 0.1) is 45.8 Å². The molecule has 1 heterocycles. The van der Waals surface area contributed by atoms with Gasteiger partial charge in [-0.05, 0) is 161 Å². The Bertz CT molecular complexity index is 1490. The Kier molecular flexibility index (Phi) is 17.8. The van der Waals surface area contributed by atoms with Crippen molar-refractivity contribution in [2.75, 3.05) is 13.1 Å². The van der Waals surface area contributed by atoms with Crippen molar-refractivity contribution < 1.29 is 19.8 Å². The fraction of sp³-hybridized carbons (Fsp3) is 0.731. The summed E-state index contributed by atoms with van der Waals surface area (Å²) < 4.78 is 0. The molecule has 1 saturated heterocycles. The number of hydrogen-bond donors (Lipinski definition) is 3. The van der Waals surface area contributed by atoms with E-state index in [4.69, 9.17) is 0 Å². The first kappa shape index (κ1) is 46.4. The molecule has 6 nitrogen and oxygen atoms in total. The number of carbonyl (C=O) groups is 2. The smallest absolute Gasteiger partial charge is 0.222 e. The van der Waals surface area contributed by atoms with Crippen LogP contribution in [0.3, 0.4) is 0 Å². The van der Waals surface area contributed by atoms with Crippen molar-refractivity contribution in [1.29, 1.82) is 0 Å². The lowest BCUT2D eigenvalue weighted by atomic mass is 9.39. The summed E-state index contributed by atoms with van der Waals surface area (Å²) in [6, 6.07) is 0.152. The molecule has 324 valence electrons. The molecule has 5 aliphatic rings. The molecule has 1 aliphatic heterocycles. The van der Waals surface area contributed by atoms with Gasteiger partial charge in [0.1, 0.15) is 0 Å².